The largest absolute Gasteiger partial charge is 0.493 e. The van der Waals surface area contributed by atoms with Crippen LogP contribution in [0.15, 0.2) is 24.3 Å². The van der Waals surface area contributed by atoms with E-state index in [1.807, 2.05) is 49.7 Å². The van der Waals surface area contributed by atoms with Gasteiger partial charge in [-0.05, 0) is 44.5 Å². The highest BCUT2D eigenvalue weighted by Crippen LogP contribution is 2.27. The van der Waals surface area contributed by atoms with Gasteiger partial charge < -0.3 is 14.8 Å². The topological polar surface area (TPSA) is 65.4 Å². The number of rotatable bonds is 7. The van der Waals surface area contributed by atoms with Crippen LogP contribution in [0.4, 0.5) is 0 Å². The zero-order chi connectivity index (χ0) is 17.7. The molecule has 24 heavy (non-hydrogen) atoms. The number of nitrogens with zero attached hydrogens (tertiary/aromatic N) is 2. The van der Waals surface area contributed by atoms with Crippen LogP contribution in [0.5, 0.6) is 11.5 Å². The lowest BCUT2D eigenvalue weighted by molar-refractivity contribution is -0.122. The summed E-state index contributed by atoms with van der Waals surface area (Å²) in [4.78, 5) is 12.2. The van der Waals surface area contributed by atoms with Crippen molar-refractivity contribution >= 4 is 5.91 Å². The van der Waals surface area contributed by atoms with Crippen molar-refractivity contribution in [3.63, 3.8) is 0 Å². The van der Waals surface area contributed by atoms with Crippen molar-refractivity contribution in [1.29, 1.82) is 0 Å². The van der Waals surface area contributed by atoms with Crippen LogP contribution in [-0.2, 0) is 11.3 Å². The number of ether oxygens (including phenoxy) is 2. The SMILES string of the molecule is COc1ccc(CNC(=O)C[C@@H](C)n2nc(C)cc2C)cc1OC. The molecule has 0 aliphatic heterocycles. The van der Waals surface area contributed by atoms with Gasteiger partial charge >= 0.3 is 0 Å². The van der Waals surface area contributed by atoms with Crippen LogP contribution in [0.25, 0.3) is 0 Å². The van der Waals surface area contributed by atoms with Gasteiger partial charge in [-0.1, -0.05) is 6.07 Å². The van der Waals surface area contributed by atoms with Crippen molar-refractivity contribution < 1.29 is 14.3 Å². The Morgan fingerprint density at radius 3 is 2.50 bits per heavy atom. The summed E-state index contributed by atoms with van der Waals surface area (Å²) in [6, 6.07) is 7.64. The van der Waals surface area contributed by atoms with Crippen molar-refractivity contribution in [2.24, 2.45) is 0 Å². The maximum Gasteiger partial charge on any atom is 0.222 e. The van der Waals surface area contributed by atoms with Gasteiger partial charge in [-0.2, -0.15) is 5.10 Å². The van der Waals surface area contributed by atoms with Gasteiger partial charge in [0.15, 0.2) is 11.5 Å². The summed E-state index contributed by atoms with van der Waals surface area (Å²) in [6.45, 7) is 6.39. The van der Waals surface area contributed by atoms with Crippen LogP contribution in [0, 0.1) is 13.8 Å². The quantitative estimate of drug-likeness (QED) is 0.847. The fourth-order valence-electron chi connectivity index (χ4n) is 2.71. The highest BCUT2D eigenvalue weighted by atomic mass is 16.5. The average Bonchev–Trinajstić information content (AvgIpc) is 2.91. The molecule has 0 fully saturated rings. The van der Waals surface area contributed by atoms with Crippen molar-refractivity contribution in [3.8, 4) is 11.5 Å². The van der Waals surface area contributed by atoms with Gasteiger partial charge in [-0.3, -0.25) is 9.48 Å². The molecule has 0 aliphatic rings. The third-order valence-electron chi connectivity index (χ3n) is 3.88. The molecule has 6 nitrogen and oxygen atoms in total. The van der Waals surface area contributed by atoms with Gasteiger partial charge in [0.1, 0.15) is 0 Å². The Kier molecular flexibility index (Phi) is 5.84. The molecule has 1 aromatic carbocycles. The number of benzene rings is 1. The van der Waals surface area contributed by atoms with Gasteiger partial charge in [-0.15, -0.1) is 0 Å². The molecule has 0 saturated heterocycles. The van der Waals surface area contributed by atoms with E-state index in [0.29, 0.717) is 24.5 Å². The highest BCUT2D eigenvalue weighted by Gasteiger charge is 2.14. The van der Waals surface area contributed by atoms with E-state index in [4.69, 9.17) is 9.47 Å². The second kappa shape index (κ2) is 7.86. The average molecular weight is 331 g/mol. The summed E-state index contributed by atoms with van der Waals surface area (Å²) < 4.78 is 12.4. The first-order valence-corrected chi connectivity index (χ1v) is 7.95. The molecule has 0 saturated carbocycles. The highest BCUT2D eigenvalue weighted by molar-refractivity contribution is 5.76. The molecule has 0 bridgehead atoms. The monoisotopic (exact) mass is 331 g/mol. The normalized spacial score (nSPS) is 11.9. The zero-order valence-electron chi connectivity index (χ0n) is 14.9. The molecule has 1 atom stereocenters. The lowest BCUT2D eigenvalue weighted by Gasteiger charge is -2.15. The Bertz CT molecular complexity index is 710. The summed E-state index contributed by atoms with van der Waals surface area (Å²) in [5.74, 6) is 1.32. The Balaban J connectivity index is 1.92. The van der Waals surface area contributed by atoms with Crippen molar-refractivity contribution in [2.75, 3.05) is 14.2 Å². The first-order valence-electron chi connectivity index (χ1n) is 7.95. The number of carbonyl (C=O) groups excluding carboxylic acids is 1. The minimum atomic E-state index is -0.00941. The molecule has 1 aromatic heterocycles. The molecular formula is C18H25N3O3. The molecule has 2 rings (SSSR count). The zero-order valence-corrected chi connectivity index (χ0v) is 14.9. The van der Waals surface area contributed by atoms with Gasteiger partial charge in [0.25, 0.3) is 0 Å². The number of methoxy groups -OCH3 is 2. The molecule has 1 N–H and O–H groups in total. The fourth-order valence-corrected chi connectivity index (χ4v) is 2.71. The molecular weight excluding hydrogens is 306 g/mol. The van der Waals surface area contributed by atoms with E-state index >= 15 is 0 Å². The molecule has 0 radical (unpaired) electrons. The summed E-state index contributed by atoms with van der Waals surface area (Å²) in [7, 11) is 3.19. The Morgan fingerprint density at radius 1 is 1.21 bits per heavy atom. The molecule has 2 aromatic rings. The van der Waals surface area contributed by atoms with E-state index in [1.54, 1.807) is 14.2 Å². The summed E-state index contributed by atoms with van der Waals surface area (Å²) in [6.07, 6.45) is 0.384. The number of hydrogen-bond donors (Lipinski definition) is 1. The van der Waals surface area contributed by atoms with Crippen LogP contribution in [0.2, 0.25) is 0 Å². The van der Waals surface area contributed by atoms with Crippen LogP contribution in [0.3, 0.4) is 0 Å². The van der Waals surface area contributed by atoms with Gasteiger partial charge in [0.05, 0.1) is 26.0 Å². The predicted octanol–water partition coefficient (Wildman–Crippen LogP) is 2.78. The standard InChI is InChI=1S/C18H25N3O3/c1-12-8-13(2)21(20-12)14(3)9-18(22)19-11-15-6-7-16(23-4)17(10-15)24-5/h6-8,10,14H,9,11H2,1-5H3,(H,19,22)/t14-/m1/s1. The Labute approximate surface area is 142 Å². The van der Waals surface area contributed by atoms with Gasteiger partial charge in [-0.25, -0.2) is 0 Å². The van der Waals surface area contributed by atoms with Crippen molar-refractivity contribution in [3.05, 3.63) is 41.2 Å². The van der Waals surface area contributed by atoms with Gasteiger partial charge in [0.2, 0.25) is 5.91 Å². The Hall–Kier alpha value is -2.50. The molecule has 1 heterocycles. The lowest BCUT2D eigenvalue weighted by Crippen LogP contribution is -2.26. The van der Waals surface area contributed by atoms with Gasteiger partial charge in [0, 0.05) is 18.7 Å². The minimum Gasteiger partial charge on any atom is -0.493 e. The van der Waals surface area contributed by atoms with E-state index in [1.165, 1.54) is 0 Å². The van der Waals surface area contributed by atoms with E-state index in [2.05, 4.69) is 10.4 Å². The second-order valence-electron chi connectivity index (χ2n) is 5.89. The number of carbonyl (C=O) groups is 1. The molecule has 130 valence electrons. The number of aromatic nitrogens is 2. The van der Waals surface area contributed by atoms with E-state index in [0.717, 1.165) is 17.0 Å². The second-order valence-corrected chi connectivity index (χ2v) is 5.89. The summed E-state index contributed by atoms with van der Waals surface area (Å²) in [5.41, 5.74) is 2.98. The number of hydrogen-bond acceptors (Lipinski definition) is 4. The van der Waals surface area contributed by atoms with Crippen molar-refractivity contribution in [1.82, 2.24) is 15.1 Å². The van der Waals surface area contributed by atoms with E-state index in [-0.39, 0.29) is 11.9 Å². The van der Waals surface area contributed by atoms with Crippen molar-refractivity contribution in [2.45, 2.75) is 39.8 Å². The molecule has 0 unspecified atom stereocenters. The predicted molar refractivity (Wildman–Crippen MR) is 92.4 cm³/mol. The Morgan fingerprint density at radius 2 is 1.92 bits per heavy atom. The first kappa shape index (κ1) is 17.8. The summed E-state index contributed by atoms with van der Waals surface area (Å²) in [5, 5.41) is 7.37. The maximum absolute atomic E-state index is 12.2. The fraction of sp³-hybridized carbons (Fsp3) is 0.444. The first-order chi connectivity index (χ1) is 11.4. The lowest BCUT2D eigenvalue weighted by atomic mass is 10.2. The third-order valence-corrected chi connectivity index (χ3v) is 3.88. The minimum absolute atomic E-state index is 0.00941. The van der Waals surface area contributed by atoms with E-state index in [9.17, 15) is 4.79 Å². The number of aryl methyl sites for hydroxylation is 2. The van der Waals surface area contributed by atoms with E-state index < -0.39 is 0 Å². The van der Waals surface area contributed by atoms with Crippen LogP contribution < -0.4 is 14.8 Å². The molecule has 0 spiro atoms. The maximum atomic E-state index is 12.2. The third kappa shape index (κ3) is 4.28. The van der Waals surface area contributed by atoms with Crippen LogP contribution in [0.1, 0.15) is 36.3 Å². The molecule has 0 aliphatic carbocycles. The number of amides is 1. The number of nitrogens with one attached hydrogen (secondary N) is 1. The smallest absolute Gasteiger partial charge is 0.222 e. The van der Waals surface area contributed by atoms with Crippen LogP contribution >= 0.6 is 0 Å². The van der Waals surface area contributed by atoms with Crippen LogP contribution in [-0.4, -0.2) is 29.9 Å². The molecule has 6 heteroatoms. The summed E-state index contributed by atoms with van der Waals surface area (Å²) >= 11 is 0. The molecule has 1 amide bonds.